The molecule has 1 unspecified atom stereocenters. The summed E-state index contributed by atoms with van der Waals surface area (Å²) in [5, 5.41) is 0.956. The maximum absolute atomic E-state index is 6.39. The Morgan fingerprint density at radius 3 is 2.10 bits per heavy atom. The van der Waals surface area contributed by atoms with Crippen molar-refractivity contribution in [2.24, 2.45) is 0 Å². The third-order valence-electron chi connectivity index (χ3n) is 4.00. The molecule has 0 fully saturated rings. The molecule has 2 aliphatic heterocycles. The average Bonchev–Trinajstić information content (AvgIpc) is 3.00. The van der Waals surface area contributed by atoms with Crippen LogP contribution >= 0.6 is 23.2 Å². The Morgan fingerprint density at radius 1 is 0.952 bits per heavy atom. The number of hydrogen-bond acceptors (Lipinski definition) is 3. The van der Waals surface area contributed by atoms with Crippen LogP contribution in [0, 0.1) is 0 Å². The average molecular weight is 365 g/mol. The van der Waals surface area contributed by atoms with Crippen molar-refractivity contribution in [1.82, 2.24) is 0 Å². The van der Waals surface area contributed by atoms with Gasteiger partial charge in [-0.05, 0) is 0 Å². The first kappa shape index (κ1) is 13.2. The van der Waals surface area contributed by atoms with Crippen LogP contribution in [0.25, 0.3) is 0 Å². The van der Waals surface area contributed by atoms with Crippen LogP contribution in [0.5, 0.6) is 11.5 Å². The number of halogens is 1. The van der Waals surface area contributed by atoms with Crippen LogP contribution in [0.1, 0.15) is 6.92 Å². The molecule has 0 aromatic heterocycles. The molecule has 0 aliphatic carbocycles. The molecule has 1 spiro atoms. The third-order valence-corrected chi connectivity index (χ3v) is 8.94. The molecule has 2 aromatic rings. The minimum atomic E-state index is -3.45. The summed E-state index contributed by atoms with van der Waals surface area (Å²) >= 11 is 3.47. The Kier molecular flexibility index (Phi) is 2.66. The summed E-state index contributed by atoms with van der Waals surface area (Å²) in [6, 6.07) is 15.7. The molecule has 21 heavy (non-hydrogen) atoms. The van der Waals surface area contributed by atoms with Gasteiger partial charge in [0, 0.05) is 0 Å². The standard InChI is InChI=1S/C16H14BrO3P/c1-12-10-11-18-21(12,14-8-6-13(17)7-9-14)19-15-4-2-3-5-16(15)20-21/h2-12H,1H3. The number of allylic oxidation sites excluding steroid dienone is 1. The molecule has 4 rings (SSSR count). The second-order valence-corrected chi connectivity index (χ2v) is 9.93. The molecule has 0 amide bonds. The summed E-state index contributed by atoms with van der Waals surface area (Å²) in [4.78, 5) is 0. The van der Waals surface area contributed by atoms with Crippen LogP contribution in [0.15, 0.2) is 65.3 Å². The van der Waals surface area contributed by atoms with Crippen molar-refractivity contribution < 1.29 is 13.6 Å². The SMILES string of the molecule is CC1C=COP12(c1ccc(Br)cc1)Oc1ccccc1O2. The molecule has 0 saturated heterocycles. The molecule has 0 saturated carbocycles. The zero-order valence-corrected chi connectivity index (χ0v) is 13.9. The van der Waals surface area contributed by atoms with Gasteiger partial charge in [-0.15, -0.1) is 0 Å². The fraction of sp³-hybridized carbons (Fsp3) is 0.125. The van der Waals surface area contributed by atoms with E-state index in [1.54, 1.807) is 6.26 Å². The number of para-hydroxylation sites is 2. The van der Waals surface area contributed by atoms with Gasteiger partial charge in [0.15, 0.2) is 0 Å². The number of rotatable bonds is 1. The quantitative estimate of drug-likeness (QED) is 0.681. The van der Waals surface area contributed by atoms with Gasteiger partial charge in [-0.3, -0.25) is 0 Å². The second-order valence-electron chi connectivity index (χ2n) is 5.22. The van der Waals surface area contributed by atoms with Crippen molar-refractivity contribution in [1.29, 1.82) is 0 Å². The molecule has 108 valence electrons. The predicted octanol–water partition coefficient (Wildman–Crippen LogP) is 4.78. The number of benzene rings is 2. The van der Waals surface area contributed by atoms with Gasteiger partial charge in [0.25, 0.3) is 0 Å². The topological polar surface area (TPSA) is 27.7 Å². The van der Waals surface area contributed by atoms with Gasteiger partial charge < -0.3 is 0 Å². The van der Waals surface area contributed by atoms with E-state index in [1.807, 2.05) is 54.6 Å². The van der Waals surface area contributed by atoms with Crippen molar-refractivity contribution in [3.8, 4) is 11.5 Å². The van der Waals surface area contributed by atoms with Crippen molar-refractivity contribution in [3.63, 3.8) is 0 Å². The first-order valence-electron chi connectivity index (χ1n) is 6.76. The van der Waals surface area contributed by atoms with Crippen LogP contribution in [-0.2, 0) is 4.52 Å². The van der Waals surface area contributed by atoms with Gasteiger partial charge in [0.2, 0.25) is 0 Å². The molecular weight excluding hydrogens is 351 g/mol. The summed E-state index contributed by atoms with van der Waals surface area (Å²) in [6.45, 7) is 2.08. The zero-order chi connectivity index (χ0) is 14.5. The minimum absolute atomic E-state index is 0.0320. The van der Waals surface area contributed by atoms with Gasteiger partial charge >= 0.3 is 132 Å². The zero-order valence-electron chi connectivity index (χ0n) is 11.4. The maximum atomic E-state index is 6.39. The number of fused-ring (bicyclic) bond motifs is 1. The molecule has 0 bridgehead atoms. The second kappa shape index (κ2) is 4.25. The Morgan fingerprint density at radius 2 is 1.57 bits per heavy atom. The Balaban J connectivity index is 1.93. The first-order valence-corrected chi connectivity index (χ1v) is 9.61. The van der Waals surface area contributed by atoms with Gasteiger partial charge in [-0.1, -0.05) is 0 Å². The first-order chi connectivity index (χ1) is 10.1. The molecule has 5 heteroatoms. The molecule has 2 aliphatic rings. The Labute approximate surface area is 131 Å². The van der Waals surface area contributed by atoms with E-state index < -0.39 is 7.28 Å². The van der Waals surface area contributed by atoms with E-state index in [0.29, 0.717) is 0 Å². The fourth-order valence-electron chi connectivity index (χ4n) is 2.82. The number of hydrogen-bond donors (Lipinski definition) is 0. The Hall–Kier alpha value is -1.51. The molecule has 2 aromatic carbocycles. The summed E-state index contributed by atoms with van der Waals surface area (Å²) in [5.41, 5.74) is 0.0320. The monoisotopic (exact) mass is 364 g/mol. The molecule has 3 nitrogen and oxygen atoms in total. The van der Waals surface area contributed by atoms with E-state index in [-0.39, 0.29) is 5.66 Å². The Bertz CT molecular complexity index is 716. The molecule has 0 radical (unpaired) electrons. The van der Waals surface area contributed by atoms with Crippen molar-refractivity contribution in [3.05, 3.63) is 65.3 Å². The van der Waals surface area contributed by atoms with Crippen LogP contribution in [-0.4, -0.2) is 5.66 Å². The van der Waals surface area contributed by atoms with Crippen molar-refractivity contribution in [2.45, 2.75) is 12.6 Å². The summed E-state index contributed by atoms with van der Waals surface area (Å²) in [7, 11) is -3.45. The van der Waals surface area contributed by atoms with E-state index in [4.69, 9.17) is 13.6 Å². The fourth-order valence-corrected chi connectivity index (χ4v) is 6.94. The summed E-state index contributed by atoms with van der Waals surface area (Å²) in [5.74, 6) is 1.49. The molecular formula is C16H14BrO3P. The van der Waals surface area contributed by atoms with Gasteiger partial charge in [0.1, 0.15) is 0 Å². The molecule has 1 atom stereocenters. The van der Waals surface area contributed by atoms with E-state index in [2.05, 4.69) is 22.9 Å². The van der Waals surface area contributed by atoms with Crippen LogP contribution < -0.4 is 14.4 Å². The van der Waals surface area contributed by atoms with Crippen LogP contribution in [0.4, 0.5) is 0 Å². The van der Waals surface area contributed by atoms with Gasteiger partial charge in [0.05, 0.1) is 0 Å². The van der Waals surface area contributed by atoms with Gasteiger partial charge in [-0.25, -0.2) is 0 Å². The normalized spacial score (nSPS) is 25.2. The summed E-state index contributed by atoms with van der Waals surface area (Å²) < 4.78 is 19.9. The van der Waals surface area contributed by atoms with E-state index >= 15 is 0 Å². The molecule has 0 N–H and O–H groups in total. The van der Waals surface area contributed by atoms with Crippen molar-refractivity contribution in [2.75, 3.05) is 0 Å². The van der Waals surface area contributed by atoms with E-state index in [1.165, 1.54) is 0 Å². The van der Waals surface area contributed by atoms with Crippen molar-refractivity contribution >= 4 is 28.5 Å². The predicted molar refractivity (Wildman–Crippen MR) is 88.1 cm³/mol. The summed E-state index contributed by atoms with van der Waals surface area (Å²) in [6.07, 6.45) is 3.71. The van der Waals surface area contributed by atoms with E-state index in [0.717, 1.165) is 21.3 Å². The molecule has 2 heterocycles. The van der Waals surface area contributed by atoms with E-state index in [9.17, 15) is 0 Å². The van der Waals surface area contributed by atoms with Crippen LogP contribution in [0.2, 0.25) is 0 Å². The van der Waals surface area contributed by atoms with Crippen LogP contribution in [0.3, 0.4) is 0 Å². The third kappa shape index (κ3) is 1.63. The van der Waals surface area contributed by atoms with Gasteiger partial charge in [-0.2, -0.15) is 0 Å².